The zero-order valence-corrected chi connectivity index (χ0v) is 11.7. The first-order valence-corrected chi connectivity index (χ1v) is 6.26. The highest BCUT2D eigenvalue weighted by atomic mass is 16.6. The Balaban J connectivity index is 3.19. The number of benzene rings is 1. The third-order valence-corrected chi connectivity index (χ3v) is 3.53. The smallest absolute Gasteiger partial charge is 0.316 e. The Kier molecular flexibility index (Phi) is 4.64. The summed E-state index contributed by atoms with van der Waals surface area (Å²) in [4.78, 5) is 22.4. The van der Waals surface area contributed by atoms with Gasteiger partial charge in [-0.05, 0) is 25.3 Å². The van der Waals surface area contributed by atoms with Crippen LogP contribution in [0.5, 0.6) is 0 Å². The molecule has 0 bridgehead atoms. The summed E-state index contributed by atoms with van der Waals surface area (Å²) in [7, 11) is 0. The summed E-state index contributed by atoms with van der Waals surface area (Å²) in [6.45, 7) is 7.73. The molecule has 0 saturated heterocycles. The largest absolute Gasteiger partial charge is 0.465 e. The maximum absolute atomic E-state index is 12.2. The number of non-ortho nitro benzene ring substituents is 1. The van der Waals surface area contributed by atoms with Crippen LogP contribution in [0, 0.1) is 16.0 Å². The number of hydrogen-bond donors (Lipinski definition) is 0. The summed E-state index contributed by atoms with van der Waals surface area (Å²) in [6.07, 6.45) is 0. The van der Waals surface area contributed by atoms with Crippen molar-refractivity contribution in [3.63, 3.8) is 0 Å². The Morgan fingerprint density at radius 3 is 2.26 bits per heavy atom. The minimum absolute atomic E-state index is 0.0127. The van der Waals surface area contributed by atoms with E-state index in [0.29, 0.717) is 6.61 Å². The van der Waals surface area contributed by atoms with E-state index in [2.05, 4.69) is 0 Å². The molecule has 0 aromatic heterocycles. The van der Waals surface area contributed by atoms with E-state index in [1.165, 1.54) is 12.1 Å². The molecule has 1 unspecified atom stereocenters. The minimum atomic E-state index is -0.800. The van der Waals surface area contributed by atoms with Crippen LogP contribution in [0.25, 0.3) is 0 Å². The minimum Gasteiger partial charge on any atom is -0.465 e. The first-order valence-electron chi connectivity index (χ1n) is 6.26. The van der Waals surface area contributed by atoms with Gasteiger partial charge in [0.15, 0.2) is 0 Å². The van der Waals surface area contributed by atoms with E-state index in [4.69, 9.17) is 4.74 Å². The molecule has 0 spiro atoms. The summed E-state index contributed by atoms with van der Waals surface area (Å²) in [6, 6.07) is 6.06. The number of rotatable bonds is 5. The quantitative estimate of drug-likeness (QED) is 0.466. The van der Waals surface area contributed by atoms with Gasteiger partial charge in [0.1, 0.15) is 0 Å². The molecule has 1 atom stereocenters. The fourth-order valence-electron chi connectivity index (χ4n) is 1.90. The Bertz CT molecular complexity index is 467. The molecule has 0 heterocycles. The second-order valence-electron chi connectivity index (χ2n) is 4.88. The van der Waals surface area contributed by atoms with Crippen molar-refractivity contribution in [2.75, 3.05) is 6.61 Å². The third-order valence-electron chi connectivity index (χ3n) is 3.53. The topological polar surface area (TPSA) is 69.4 Å². The molecule has 5 heteroatoms. The normalized spacial score (nSPS) is 13.9. The van der Waals surface area contributed by atoms with Gasteiger partial charge in [-0.15, -0.1) is 0 Å². The highest BCUT2D eigenvalue weighted by Gasteiger charge is 2.40. The van der Waals surface area contributed by atoms with Gasteiger partial charge in [0.25, 0.3) is 5.69 Å². The van der Waals surface area contributed by atoms with Crippen molar-refractivity contribution in [1.29, 1.82) is 0 Å². The van der Waals surface area contributed by atoms with Crippen molar-refractivity contribution in [1.82, 2.24) is 0 Å². The van der Waals surface area contributed by atoms with Crippen LogP contribution in [0.2, 0.25) is 0 Å². The molecule has 0 aliphatic rings. The van der Waals surface area contributed by atoms with Crippen molar-refractivity contribution in [2.45, 2.75) is 33.1 Å². The lowest BCUT2D eigenvalue weighted by molar-refractivity contribution is -0.384. The van der Waals surface area contributed by atoms with Gasteiger partial charge >= 0.3 is 5.97 Å². The molecule has 19 heavy (non-hydrogen) atoms. The number of nitrogens with zero attached hydrogens (tertiary/aromatic N) is 1. The van der Waals surface area contributed by atoms with Crippen molar-refractivity contribution in [3.05, 3.63) is 39.9 Å². The standard InChI is InChI=1S/C14H19NO4/c1-5-19-13(16)14(4,10(2)3)11-6-8-12(9-7-11)15(17)18/h6-10H,5H2,1-4H3. The maximum atomic E-state index is 12.2. The molecule has 0 radical (unpaired) electrons. The van der Waals surface area contributed by atoms with Crippen LogP contribution in [0.3, 0.4) is 0 Å². The monoisotopic (exact) mass is 265 g/mol. The van der Waals surface area contributed by atoms with Gasteiger partial charge in [-0.25, -0.2) is 0 Å². The molecule has 0 aliphatic carbocycles. The van der Waals surface area contributed by atoms with E-state index in [1.807, 2.05) is 13.8 Å². The summed E-state index contributed by atoms with van der Waals surface area (Å²) in [5.74, 6) is -0.285. The zero-order valence-electron chi connectivity index (χ0n) is 11.7. The lowest BCUT2D eigenvalue weighted by atomic mass is 9.73. The van der Waals surface area contributed by atoms with E-state index < -0.39 is 10.3 Å². The molecule has 1 rings (SSSR count). The highest BCUT2D eigenvalue weighted by molar-refractivity contribution is 5.83. The van der Waals surface area contributed by atoms with Crippen LogP contribution in [0.15, 0.2) is 24.3 Å². The SMILES string of the molecule is CCOC(=O)C(C)(c1ccc([N+](=O)[O-])cc1)C(C)C. The van der Waals surface area contributed by atoms with Crippen molar-refractivity contribution >= 4 is 11.7 Å². The fraction of sp³-hybridized carbons (Fsp3) is 0.500. The van der Waals surface area contributed by atoms with Gasteiger partial charge in [-0.3, -0.25) is 14.9 Å². The van der Waals surface area contributed by atoms with Gasteiger partial charge in [-0.2, -0.15) is 0 Å². The van der Waals surface area contributed by atoms with E-state index >= 15 is 0 Å². The second kappa shape index (κ2) is 5.82. The maximum Gasteiger partial charge on any atom is 0.316 e. The number of esters is 1. The van der Waals surface area contributed by atoms with Crippen LogP contribution in [-0.4, -0.2) is 17.5 Å². The summed E-state index contributed by atoms with van der Waals surface area (Å²) in [5, 5.41) is 10.6. The van der Waals surface area contributed by atoms with Gasteiger partial charge in [0, 0.05) is 12.1 Å². The average molecular weight is 265 g/mol. The number of nitro groups is 1. The average Bonchev–Trinajstić information content (AvgIpc) is 2.37. The van der Waals surface area contributed by atoms with Crippen LogP contribution in [0.1, 0.15) is 33.3 Å². The van der Waals surface area contributed by atoms with Crippen LogP contribution in [0.4, 0.5) is 5.69 Å². The van der Waals surface area contributed by atoms with Crippen molar-refractivity contribution < 1.29 is 14.5 Å². The third kappa shape index (κ3) is 2.92. The first-order chi connectivity index (χ1) is 8.83. The number of ether oxygens (including phenoxy) is 1. The number of carbonyl (C=O) groups excluding carboxylic acids is 1. The Hall–Kier alpha value is -1.91. The number of nitro benzene ring substituents is 1. The van der Waals surface area contributed by atoms with E-state index in [-0.39, 0.29) is 17.6 Å². The molecule has 5 nitrogen and oxygen atoms in total. The van der Waals surface area contributed by atoms with Crippen molar-refractivity contribution in [2.24, 2.45) is 5.92 Å². The summed E-state index contributed by atoms with van der Waals surface area (Å²) < 4.78 is 5.13. The molecule has 104 valence electrons. The Labute approximate surface area is 112 Å². The number of hydrogen-bond acceptors (Lipinski definition) is 4. The van der Waals surface area contributed by atoms with Gasteiger partial charge in [0.2, 0.25) is 0 Å². The first kappa shape index (κ1) is 15.1. The van der Waals surface area contributed by atoms with E-state index in [9.17, 15) is 14.9 Å². The van der Waals surface area contributed by atoms with E-state index in [0.717, 1.165) is 5.56 Å². The van der Waals surface area contributed by atoms with Gasteiger partial charge in [-0.1, -0.05) is 26.0 Å². The fourth-order valence-corrected chi connectivity index (χ4v) is 1.90. The molecular formula is C14H19NO4. The lowest BCUT2D eigenvalue weighted by Gasteiger charge is -2.31. The number of carbonyl (C=O) groups is 1. The van der Waals surface area contributed by atoms with Gasteiger partial charge < -0.3 is 4.74 Å². The Morgan fingerprint density at radius 1 is 1.37 bits per heavy atom. The second-order valence-corrected chi connectivity index (χ2v) is 4.88. The van der Waals surface area contributed by atoms with Gasteiger partial charge in [0.05, 0.1) is 16.9 Å². The Morgan fingerprint density at radius 2 is 1.89 bits per heavy atom. The zero-order chi connectivity index (χ0) is 14.6. The van der Waals surface area contributed by atoms with Crippen LogP contribution < -0.4 is 0 Å². The molecule has 1 aromatic carbocycles. The summed E-state index contributed by atoms with van der Waals surface area (Å²) >= 11 is 0. The molecule has 0 fully saturated rings. The molecule has 0 saturated carbocycles. The molecule has 0 N–H and O–H groups in total. The summed E-state index contributed by atoms with van der Waals surface area (Å²) in [5.41, 5.74) is -0.0595. The van der Waals surface area contributed by atoms with Crippen LogP contribution in [-0.2, 0) is 14.9 Å². The van der Waals surface area contributed by atoms with Crippen LogP contribution >= 0.6 is 0 Å². The lowest BCUT2D eigenvalue weighted by Crippen LogP contribution is -2.39. The molecule has 1 aromatic rings. The highest BCUT2D eigenvalue weighted by Crippen LogP contribution is 2.34. The van der Waals surface area contributed by atoms with Crippen molar-refractivity contribution in [3.8, 4) is 0 Å². The molecular weight excluding hydrogens is 246 g/mol. The molecule has 0 amide bonds. The van der Waals surface area contributed by atoms with E-state index in [1.54, 1.807) is 26.0 Å². The predicted octanol–water partition coefficient (Wildman–Crippen LogP) is 3.07. The predicted molar refractivity (Wildman–Crippen MR) is 71.9 cm³/mol. The molecule has 0 aliphatic heterocycles.